The van der Waals surface area contributed by atoms with Gasteiger partial charge in [-0.3, -0.25) is 9.69 Å². The van der Waals surface area contributed by atoms with Crippen molar-refractivity contribution in [3.8, 4) is 0 Å². The summed E-state index contributed by atoms with van der Waals surface area (Å²) in [5.41, 5.74) is 0. The molecular formula is C10H19N3O. The van der Waals surface area contributed by atoms with Gasteiger partial charge in [0, 0.05) is 51.1 Å². The van der Waals surface area contributed by atoms with Crippen LogP contribution in [0.2, 0.25) is 0 Å². The number of carbonyl (C=O) groups excluding carboxylic acids is 1. The molecule has 4 heteroatoms. The highest BCUT2D eigenvalue weighted by molar-refractivity contribution is 5.78. The normalized spacial score (nSPS) is 31.5. The molecule has 2 aliphatic heterocycles. The van der Waals surface area contributed by atoms with Crippen molar-refractivity contribution >= 4 is 5.91 Å². The van der Waals surface area contributed by atoms with Crippen LogP contribution in [-0.2, 0) is 4.79 Å². The van der Waals surface area contributed by atoms with E-state index in [-0.39, 0.29) is 5.91 Å². The molecule has 2 atom stereocenters. The van der Waals surface area contributed by atoms with Crippen LogP contribution in [0, 0.1) is 5.92 Å². The fourth-order valence-electron chi connectivity index (χ4n) is 2.36. The molecule has 2 heterocycles. The van der Waals surface area contributed by atoms with E-state index in [1.165, 1.54) is 0 Å². The first kappa shape index (κ1) is 9.93. The first-order valence-corrected chi connectivity index (χ1v) is 5.49. The van der Waals surface area contributed by atoms with Crippen LogP contribution in [0.15, 0.2) is 0 Å². The summed E-state index contributed by atoms with van der Waals surface area (Å²) in [5.74, 6) is 0.734. The fourth-order valence-corrected chi connectivity index (χ4v) is 2.36. The Balaban J connectivity index is 1.86. The van der Waals surface area contributed by atoms with Crippen LogP contribution in [0.3, 0.4) is 0 Å². The molecule has 0 aromatic rings. The van der Waals surface area contributed by atoms with Crippen LogP contribution in [0.1, 0.15) is 13.3 Å². The van der Waals surface area contributed by atoms with Crippen molar-refractivity contribution in [3.05, 3.63) is 0 Å². The second-order valence-electron chi connectivity index (χ2n) is 4.29. The first-order chi connectivity index (χ1) is 6.77. The summed E-state index contributed by atoms with van der Waals surface area (Å²) < 4.78 is 0. The van der Waals surface area contributed by atoms with Crippen LogP contribution in [0.5, 0.6) is 0 Å². The Kier molecular flexibility index (Phi) is 3.03. The molecule has 0 radical (unpaired) electrons. The lowest BCUT2D eigenvalue weighted by atomic mass is 9.98. The summed E-state index contributed by atoms with van der Waals surface area (Å²) >= 11 is 0. The Morgan fingerprint density at radius 2 is 2.14 bits per heavy atom. The highest BCUT2D eigenvalue weighted by Crippen LogP contribution is 2.18. The second-order valence-corrected chi connectivity index (χ2v) is 4.29. The van der Waals surface area contributed by atoms with Gasteiger partial charge in [0.05, 0.1) is 0 Å². The predicted molar refractivity (Wildman–Crippen MR) is 55.0 cm³/mol. The largest absolute Gasteiger partial charge is 0.356 e. The Morgan fingerprint density at radius 1 is 1.43 bits per heavy atom. The quantitative estimate of drug-likeness (QED) is 0.622. The molecule has 2 unspecified atom stereocenters. The van der Waals surface area contributed by atoms with E-state index in [4.69, 9.17) is 0 Å². The molecule has 0 aliphatic carbocycles. The number of nitrogens with zero attached hydrogens (tertiary/aromatic N) is 1. The summed E-state index contributed by atoms with van der Waals surface area (Å²) in [4.78, 5) is 13.6. The summed E-state index contributed by atoms with van der Waals surface area (Å²) in [6.07, 6.45) is 0.713. The van der Waals surface area contributed by atoms with Gasteiger partial charge in [-0.05, 0) is 6.92 Å². The number of rotatable bonds is 2. The average molecular weight is 197 g/mol. The minimum atomic E-state index is 0.219. The van der Waals surface area contributed by atoms with Gasteiger partial charge in [0.15, 0.2) is 0 Å². The van der Waals surface area contributed by atoms with E-state index in [2.05, 4.69) is 22.5 Å². The highest BCUT2D eigenvalue weighted by atomic mass is 16.1. The standard InChI is InChI=1S/C10H19N3O/c1-8(9-6-10(14)12-7-9)13-4-2-11-3-5-13/h8-9,11H,2-7H2,1H3,(H,12,14). The molecule has 2 aliphatic rings. The van der Waals surface area contributed by atoms with Gasteiger partial charge in [-0.2, -0.15) is 0 Å². The summed E-state index contributed by atoms with van der Waals surface area (Å²) in [5, 5.41) is 6.25. The lowest BCUT2D eigenvalue weighted by molar-refractivity contribution is -0.119. The molecule has 2 saturated heterocycles. The molecule has 14 heavy (non-hydrogen) atoms. The molecular weight excluding hydrogens is 178 g/mol. The third-order valence-electron chi connectivity index (χ3n) is 3.42. The zero-order chi connectivity index (χ0) is 9.97. The number of nitrogens with one attached hydrogen (secondary N) is 2. The molecule has 0 bridgehead atoms. The van der Waals surface area contributed by atoms with Crippen molar-refractivity contribution in [2.75, 3.05) is 32.7 Å². The molecule has 2 rings (SSSR count). The van der Waals surface area contributed by atoms with Gasteiger partial charge in [0.25, 0.3) is 0 Å². The van der Waals surface area contributed by atoms with E-state index in [9.17, 15) is 4.79 Å². The minimum absolute atomic E-state index is 0.219. The summed E-state index contributed by atoms with van der Waals surface area (Å²) in [7, 11) is 0. The van der Waals surface area contributed by atoms with Gasteiger partial charge in [0.1, 0.15) is 0 Å². The maximum atomic E-state index is 11.1. The van der Waals surface area contributed by atoms with Gasteiger partial charge < -0.3 is 10.6 Å². The molecule has 2 N–H and O–H groups in total. The van der Waals surface area contributed by atoms with E-state index in [1.807, 2.05) is 0 Å². The van der Waals surface area contributed by atoms with Crippen molar-refractivity contribution in [3.63, 3.8) is 0 Å². The monoisotopic (exact) mass is 197 g/mol. The number of amides is 1. The molecule has 2 fully saturated rings. The molecule has 80 valence electrons. The third-order valence-corrected chi connectivity index (χ3v) is 3.42. The van der Waals surface area contributed by atoms with Crippen LogP contribution in [-0.4, -0.2) is 49.6 Å². The van der Waals surface area contributed by atoms with E-state index < -0.39 is 0 Å². The topological polar surface area (TPSA) is 44.4 Å². The Bertz CT molecular complexity index is 213. The molecule has 0 aromatic carbocycles. The van der Waals surface area contributed by atoms with E-state index in [1.54, 1.807) is 0 Å². The average Bonchev–Trinajstić information content (AvgIpc) is 2.65. The van der Waals surface area contributed by atoms with Crippen LogP contribution in [0.25, 0.3) is 0 Å². The molecule has 4 nitrogen and oxygen atoms in total. The van der Waals surface area contributed by atoms with Crippen molar-refractivity contribution in [2.24, 2.45) is 5.92 Å². The summed E-state index contributed by atoms with van der Waals surface area (Å²) in [6.45, 7) is 7.51. The van der Waals surface area contributed by atoms with Crippen LogP contribution in [0.4, 0.5) is 0 Å². The van der Waals surface area contributed by atoms with Crippen LogP contribution < -0.4 is 10.6 Å². The zero-order valence-corrected chi connectivity index (χ0v) is 8.75. The van der Waals surface area contributed by atoms with Gasteiger partial charge >= 0.3 is 0 Å². The molecule has 0 spiro atoms. The fraction of sp³-hybridized carbons (Fsp3) is 0.900. The van der Waals surface area contributed by atoms with E-state index in [0.29, 0.717) is 18.4 Å². The maximum Gasteiger partial charge on any atom is 0.220 e. The Labute approximate surface area is 85.0 Å². The van der Waals surface area contributed by atoms with E-state index in [0.717, 1.165) is 32.7 Å². The second kappa shape index (κ2) is 4.28. The lowest BCUT2D eigenvalue weighted by Crippen LogP contribution is -2.50. The van der Waals surface area contributed by atoms with Crippen molar-refractivity contribution < 1.29 is 4.79 Å². The van der Waals surface area contributed by atoms with Gasteiger partial charge in [-0.15, -0.1) is 0 Å². The predicted octanol–water partition coefficient (Wildman–Crippen LogP) is -0.584. The molecule has 0 saturated carbocycles. The maximum absolute atomic E-state index is 11.1. The Hall–Kier alpha value is -0.610. The number of hydrogen-bond donors (Lipinski definition) is 2. The van der Waals surface area contributed by atoms with E-state index >= 15 is 0 Å². The third kappa shape index (κ3) is 2.07. The highest BCUT2D eigenvalue weighted by Gasteiger charge is 2.30. The SMILES string of the molecule is CC(C1CNC(=O)C1)N1CCNCC1. The smallest absolute Gasteiger partial charge is 0.220 e. The molecule has 1 amide bonds. The van der Waals surface area contributed by atoms with Gasteiger partial charge in [-0.1, -0.05) is 0 Å². The zero-order valence-electron chi connectivity index (χ0n) is 8.75. The van der Waals surface area contributed by atoms with Crippen molar-refractivity contribution in [1.82, 2.24) is 15.5 Å². The number of piperazine rings is 1. The molecule has 0 aromatic heterocycles. The Morgan fingerprint density at radius 3 is 2.71 bits per heavy atom. The first-order valence-electron chi connectivity index (χ1n) is 5.49. The number of carbonyl (C=O) groups is 1. The summed E-state index contributed by atoms with van der Waals surface area (Å²) in [6, 6.07) is 0.538. The van der Waals surface area contributed by atoms with Crippen LogP contribution >= 0.6 is 0 Å². The van der Waals surface area contributed by atoms with Gasteiger partial charge in [0.2, 0.25) is 5.91 Å². The minimum Gasteiger partial charge on any atom is -0.356 e. The van der Waals surface area contributed by atoms with Crippen molar-refractivity contribution in [1.29, 1.82) is 0 Å². The van der Waals surface area contributed by atoms with Gasteiger partial charge in [-0.25, -0.2) is 0 Å². The lowest BCUT2D eigenvalue weighted by Gasteiger charge is -2.35. The van der Waals surface area contributed by atoms with Crippen molar-refractivity contribution in [2.45, 2.75) is 19.4 Å². The number of hydrogen-bond acceptors (Lipinski definition) is 3.